The van der Waals surface area contributed by atoms with Crippen molar-refractivity contribution in [2.45, 2.75) is 13.8 Å². The van der Waals surface area contributed by atoms with E-state index in [2.05, 4.69) is 0 Å². The maximum absolute atomic E-state index is 11.6. The minimum atomic E-state index is -0.620. The molecule has 0 aromatic heterocycles. The van der Waals surface area contributed by atoms with Crippen molar-refractivity contribution in [3.05, 3.63) is 21.3 Å². The lowest BCUT2D eigenvalue weighted by molar-refractivity contribution is -0.148. The van der Waals surface area contributed by atoms with Gasteiger partial charge < -0.3 is 9.47 Å². The lowest BCUT2D eigenvalue weighted by Gasteiger charge is -2.11. The van der Waals surface area contributed by atoms with Crippen LogP contribution in [-0.4, -0.2) is 25.2 Å². The molecule has 0 N–H and O–H groups in total. The molecule has 0 heterocycles. The molecule has 0 saturated carbocycles. The molecule has 1 unspecified atom stereocenters. The molecule has 1 aliphatic carbocycles. The van der Waals surface area contributed by atoms with E-state index >= 15 is 0 Å². The number of esters is 2. The summed E-state index contributed by atoms with van der Waals surface area (Å²) in [5.41, 5.74) is 0.376. The van der Waals surface area contributed by atoms with E-state index < -0.39 is 17.9 Å². The van der Waals surface area contributed by atoms with E-state index in [0.717, 1.165) is 3.58 Å². The number of halogens is 1. The highest BCUT2D eigenvalue weighted by molar-refractivity contribution is 14.1. The molecule has 16 heavy (non-hydrogen) atoms. The maximum atomic E-state index is 11.6. The number of hydrogen-bond donors (Lipinski definition) is 0. The first kappa shape index (κ1) is 13.2. The van der Waals surface area contributed by atoms with Crippen LogP contribution in [0.4, 0.5) is 0 Å². The molecule has 1 aliphatic rings. The van der Waals surface area contributed by atoms with E-state index in [9.17, 15) is 9.59 Å². The number of rotatable bonds is 4. The summed E-state index contributed by atoms with van der Waals surface area (Å²) >= 11 is 2.01. The highest BCUT2D eigenvalue weighted by Gasteiger charge is 2.32. The number of carbonyl (C=O) groups excluding carboxylic acids is 2. The van der Waals surface area contributed by atoms with Gasteiger partial charge in [-0.25, -0.2) is 4.79 Å². The lowest BCUT2D eigenvalue weighted by Crippen LogP contribution is -2.22. The first-order chi connectivity index (χ1) is 7.61. The van der Waals surface area contributed by atoms with Crippen molar-refractivity contribution in [2.75, 3.05) is 13.2 Å². The van der Waals surface area contributed by atoms with Gasteiger partial charge in [0.1, 0.15) is 5.92 Å². The molecule has 0 aromatic carbocycles. The second-order valence-electron chi connectivity index (χ2n) is 3.07. The van der Waals surface area contributed by atoms with Crippen molar-refractivity contribution in [3.8, 4) is 0 Å². The zero-order chi connectivity index (χ0) is 12.1. The lowest BCUT2D eigenvalue weighted by atomic mass is 10.0. The molecule has 0 aromatic rings. The van der Waals surface area contributed by atoms with E-state index in [0.29, 0.717) is 18.8 Å². The quantitative estimate of drug-likeness (QED) is 0.582. The van der Waals surface area contributed by atoms with Crippen LogP contribution in [0, 0.1) is 5.92 Å². The highest BCUT2D eigenvalue weighted by atomic mass is 127. The van der Waals surface area contributed by atoms with Gasteiger partial charge in [-0.3, -0.25) is 4.79 Å². The van der Waals surface area contributed by atoms with Crippen LogP contribution in [0.25, 0.3) is 0 Å². The standard InChI is InChI=1S/C11H13IO4/c1-3-15-10(13)7-5-6-8(12)9(7)11(14)16-4-2/h5-7H,3-4H2,1-2H3. The zero-order valence-corrected chi connectivity index (χ0v) is 11.3. The fourth-order valence-corrected chi connectivity index (χ4v) is 2.14. The van der Waals surface area contributed by atoms with E-state index in [1.54, 1.807) is 26.0 Å². The molecule has 0 fully saturated rings. The first-order valence-electron chi connectivity index (χ1n) is 5.03. The monoisotopic (exact) mass is 336 g/mol. The summed E-state index contributed by atoms with van der Waals surface area (Å²) in [6.07, 6.45) is 3.39. The number of hydrogen-bond acceptors (Lipinski definition) is 4. The van der Waals surface area contributed by atoms with Gasteiger partial charge in [0.15, 0.2) is 0 Å². The van der Waals surface area contributed by atoms with E-state index in [4.69, 9.17) is 9.47 Å². The summed E-state index contributed by atoms with van der Waals surface area (Å²) in [7, 11) is 0. The molecule has 0 spiro atoms. The molecular weight excluding hydrogens is 323 g/mol. The molecule has 4 nitrogen and oxygen atoms in total. The third-order valence-electron chi connectivity index (χ3n) is 2.04. The van der Waals surface area contributed by atoms with Gasteiger partial charge in [0, 0.05) is 3.58 Å². The largest absolute Gasteiger partial charge is 0.465 e. The van der Waals surface area contributed by atoms with Crippen LogP contribution in [0.3, 0.4) is 0 Å². The Morgan fingerprint density at radius 1 is 1.31 bits per heavy atom. The third-order valence-corrected chi connectivity index (χ3v) is 2.98. The van der Waals surface area contributed by atoms with Gasteiger partial charge in [0.05, 0.1) is 18.8 Å². The van der Waals surface area contributed by atoms with Crippen molar-refractivity contribution in [1.29, 1.82) is 0 Å². The Balaban J connectivity index is 2.84. The van der Waals surface area contributed by atoms with E-state index in [1.165, 1.54) is 0 Å². The van der Waals surface area contributed by atoms with Crippen LogP contribution in [0.15, 0.2) is 21.3 Å². The topological polar surface area (TPSA) is 52.6 Å². The van der Waals surface area contributed by atoms with Crippen molar-refractivity contribution in [2.24, 2.45) is 5.92 Å². The molecule has 0 amide bonds. The summed E-state index contributed by atoms with van der Waals surface area (Å²) < 4.78 is 10.5. The van der Waals surface area contributed by atoms with Gasteiger partial charge >= 0.3 is 11.9 Å². The fourth-order valence-electron chi connectivity index (χ4n) is 1.38. The van der Waals surface area contributed by atoms with Crippen LogP contribution in [0.2, 0.25) is 0 Å². The van der Waals surface area contributed by atoms with Crippen LogP contribution in [-0.2, 0) is 19.1 Å². The predicted molar refractivity (Wildman–Crippen MR) is 66.9 cm³/mol. The molecule has 0 radical (unpaired) electrons. The molecular formula is C11H13IO4. The van der Waals surface area contributed by atoms with Crippen LogP contribution >= 0.6 is 22.6 Å². The molecule has 88 valence electrons. The summed E-state index contributed by atoms with van der Waals surface area (Å²) in [6, 6.07) is 0. The molecule has 0 saturated heterocycles. The van der Waals surface area contributed by atoms with E-state index in [-0.39, 0.29) is 0 Å². The summed E-state index contributed by atoms with van der Waals surface area (Å²) in [5.74, 6) is -1.48. The Hall–Kier alpha value is -0.850. The molecule has 1 atom stereocenters. The Morgan fingerprint density at radius 3 is 2.50 bits per heavy atom. The zero-order valence-electron chi connectivity index (χ0n) is 9.16. The Bertz CT molecular complexity index is 357. The second-order valence-corrected chi connectivity index (χ2v) is 4.23. The number of ether oxygens (including phenoxy) is 2. The van der Waals surface area contributed by atoms with Crippen LogP contribution in [0.5, 0.6) is 0 Å². The number of carbonyl (C=O) groups is 2. The third kappa shape index (κ3) is 2.84. The number of allylic oxidation sites excluding steroid dienone is 2. The molecule has 0 aliphatic heterocycles. The minimum absolute atomic E-state index is 0.293. The van der Waals surface area contributed by atoms with E-state index in [1.807, 2.05) is 22.6 Å². The average Bonchev–Trinajstić information content (AvgIpc) is 2.61. The SMILES string of the molecule is CCOC(=O)C1=C(I)C=CC1C(=O)OCC. The van der Waals surface area contributed by atoms with Gasteiger partial charge in [-0.15, -0.1) is 0 Å². The highest BCUT2D eigenvalue weighted by Crippen LogP contribution is 2.31. The van der Waals surface area contributed by atoms with Crippen LogP contribution < -0.4 is 0 Å². The smallest absolute Gasteiger partial charge is 0.336 e. The summed E-state index contributed by atoms with van der Waals surface area (Å²) in [6.45, 7) is 4.06. The average molecular weight is 336 g/mol. The molecule has 5 heteroatoms. The van der Waals surface area contributed by atoms with Crippen molar-refractivity contribution in [1.82, 2.24) is 0 Å². The normalized spacial score (nSPS) is 18.8. The van der Waals surface area contributed by atoms with Crippen molar-refractivity contribution >= 4 is 34.5 Å². The van der Waals surface area contributed by atoms with Crippen molar-refractivity contribution in [3.63, 3.8) is 0 Å². The Kier molecular flexibility index (Phi) is 4.98. The molecule has 0 bridgehead atoms. The summed E-state index contributed by atoms with van der Waals surface area (Å²) in [4.78, 5) is 23.2. The van der Waals surface area contributed by atoms with Crippen LogP contribution in [0.1, 0.15) is 13.8 Å². The minimum Gasteiger partial charge on any atom is -0.465 e. The molecule has 1 rings (SSSR count). The first-order valence-corrected chi connectivity index (χ1v) is 6.11. The van der Waals surface area contributed by atoms with Gasteiger partial charge in [0.2, 0.25) is 0 Å². The van der Waals surface area contributed by atoms with Gasteiger partial charge in [-0.05, 0) is 36.4 Å². The summed E-state index contributed by atoms with van der Waals surface area (Å²) in [5, 5.41) is 0. The fraction of sp³-hybridized carbons (Fsp3) is 0.455. The second kappa shape index (κ2) is 6.03. The predicted octanol–water partition coefficient (Wildman–Crippen LogP) is 1.99. The van der Waals surface area contributed by atoms with Crippen molar-refractivity contribution < 1.29 is 19.1 Å². The van der Waals surface area contributed by atoms with Gasteiger partial charge in [-0.1, -0.05) is 12.2 Å². The maximum Gasteiger partial charge on any atom is 0.336 e. The van der Waals surface area contributed by atoms with Gasteiger partial charge in [-0.2, -0.15) is 0 Å². The van der Waals surface area contributed by atoms with Gasteiger partial charge in [0.25, 0.3) is 0 Å². The Morgan fingerprint density at radius 2 is 1.94 bits per heavy atom. The Labute approximate surface area is 108 Å².